The molecule has 15 heavy (non-hydrogen) atoms. The van der Waals surface area contributed by atoms with E-state index in [1.54, 1.807) is 0 Å². The van der Waals surface area contributed by atoms with Crippen LogP contribution in [0.5, 0.6) is 0 Å². The van der Waals surface area contributed by atoms with Gasteiger partial charge in [0.25, 0.3) is 0 Å². The third-order valence-electron chi connectivity index (χ3n) is 2.80. The number of hydrogen-bond donors (Lipinski definition) is 1. The predicted molar refractivity (Wildman–Crippen MR) is 64.0 cm³/mol. The molecule has 3 heteroatoms. The van der Waals surface area contributed by atoms with Gasteiger partial charge >= 0.3 is 0 Å². The number of hydrogen-bond acceptors (Lipinski definition) is 2. The number of nitrogens with zero attached hydrogens (tertiary/aromatic N) is 2. The van der Waals surface area contributed by atoms with Crippen LogP contribution in [0.3, 0.4) is 0 Å². The number of aromatic nitrogens is 2. The lowest BCUT2D eigenvalue weighted by Crippen LogP contribution is -2.13. The minimum atomic E-state index is 0.503. The van der Waals surface area contributed by atoms with Crippen molar-refractivity contribution >= 4 is 0 Å². The molecule has 1 aromatic heterocycles. The molecule has 1 unspecified atom stereocenters. The molecule has 1 aromatic rings. The largest absolute Gasteiger partial charge is 0.313 e. The zero-order chi connectivity index (χ0) is 11.3. The number of nitrogens with one attached hydrogen (secondary N) is 1. The van der Waals surface area contributed by atoms with E-state index in [9.17, 15) is 0 Å². The monoisotopic (exact) mass is 209 g/mol. The third-order valence-corrected chi connectivity index (χ3v) is 2.80. The quantitative estimate of drug-likeness (QED) is 0.730. The van der Waals surface area contributed by atoms with Crippen molar-refractivity contribution in [1.82, 2.24) is 15.1 Å². The van der Waals surface area contributed by atoms with E-state index in [0.29, 0.717) is 6.04 Å². The molecule has 0 aliphatic rings. The highest BCUT2D eigenvalue weighted by Crippen LogP contribution is 2.13. The van der Waals surface area contributed by atoms with Crippen molar-refractivity contribution in [3.05, 3.63) is 17.5 Å². The van der Waals surface area contributed by atoms with Crippen LogP contribution in [-0.2, 0) is 6.54 Å². The summed E-state index contributed by atoms with van der Waals surface area (Å²) >= 11 is 0. The molecule has 0 aliphatic carbocycles. The molecular formula is C12H23N3. The van der Waals surface area contributed by atoms with Gasteiger partial charge in [0, 0.05) is 24.3 Å². The van der Waals surface area contributed by atoms with Gasteiger partial charge in [0.2, 0.25) is 0 Å². The van der Waals surface area contributed by atoms with Crippen LogP contribution in [0.1, 0.15) is 50.9 Å². The van der Waals surface area contributed by atoms with E-state index < -0.39 is 0 Å². The van der Waals surface area contributed by atoms with Crippen LogP contribution in [0.2, 0.25) is 0 Å². The molecule has 0 saturated heterocycles. The summed E-state index contributed by atoms with van der Waals surface area (Å²) in [6, 6.07) is 0.503. The van der Waals surface area contributed by atoms with E-state index in [2.05, 4.69) is 49.0 Å². The minimum Gasteiger partial charge on any atom is -0.313 e. The Morgan fingerprint density at radius 2 is 2.20 bits per heavy atom. The summed E-state index contributed by atoms with van der Waals surface area (Å²) in [6.45, 7) is 10.7. The Balaban J connectivity index is 2.60. The predicted octanol–water partition coefficient (Wildman–Crippen LogP) is 2.66. The lowest BCUT2D eigenvalue weighted by molar-refractivity contribution is 0.475. The summed E-state index contributed by atoms with van der Waals surface area (Å²) in [4.78, 5) is 0. The van der Waals surface area contributed by atoms with Gasteiger partial charge < -0.3 is 5.32 Å². The lowest BCUT2D eigenvalue weighted by Gasteiger charge is -2.07. The Bertz CT molecular complexity index is 291. The highest BCUT2D eigenvalue weighted by molar-refractivity contribution is 5.15. The maximum absolute atomic E-state index is 4.54. The van der Waals surface area contributed by atoms with E-state index in [-0.39, 0.29) is 0 Å². The second-order valence-electron chi connectivity index (χ2n) is 4.15. The molecule has 1 rings (SSSR count). The van der Waals surface area contributed by atoms with Crippen molar-refractivity contribution in [1.29, 1.82) is 0 Å². The zero-order valence-electron chi connectivity index (χ0n) is 10.4. The average Bonchev–Trinajstić information content (AvgIpc) is 2.60. The molecule has 3 nitrogen and oxygen atoms in total. The Kier molecular flexibility index (Phi) is 4.82. The molecular weight excluding hydrogens is 186 g/mol. The molecule has 0 aromatic carbocycles. The van der Waals surface area contributed by atoms with Crippen molar-refractivity contribution in [3.8, 4) is 0 Å². The summed E-state index contributed by atoms with van der Waals surface area (Å²) in [7, 11) is 0. The Morgan fingerprint density at radius 3 is 2.80 bits per heavy atom. The van der Waals surface area contributed by atoms with Crippen LogP contribution in [0, 0.1) is 6.92 Å². The maximum atomic E-state index is 4.54. The number of aryl methyl sites for hydroxylation is 1. The van der Waals surface area contributed by atoms with Gasteiger partial charge in [-0.15, -0.1) is 0 Å². The zero-order valence-corrected chi connectivity index (χ0v) is 10.4. The number of rotatable bonds is 6. The standard InChI is InChI=1S/C12H23N3/c1-5-7-13-8-12-9-15(10(3)6-2)14-11(12)4/h9-10,13H,5-8H2,1-4H3. The minimum absolute atomic E-state index is 0.503. The molecule has 0 spiro atoms. The van der Waals surface area contributed by atoms with Gasteiger partial charge in [-0.1, -0.05) is 13.8 Å². The SMILES string of the molecule is CCCNCc1cn(C(C)CC)nc1C. The van der Waals surface area contributed by atoms with Crippen molar-refractivity contribution in [2.45, 2.75) is 53.1 Å². The summed E-state index contributed by atoms with van der Waals surface area (Å²) in [5.74, 6) is 0. The molecule has 0 fully saturated rings. The van der Waals surface area contributed by atoms with Crippen molar-refractivity contribution in [2.75, 3.05) is 6.54 Å². The van der Waals surface area contributed by atoms with Gasteiger partial charge in [-0.25, -0.2) is 0 Å². The molecule has 1 atom stereocenters. The molecule has 0 aliphatic heterocycles. The van der Waals surface area contributed by atoms with Gasteiger partial charge in [-0.05, 0) is 33.2 Å². The third kappa shape index (κ3) is 3.34. The fraction of sp³-hybridized carbons (Fsp3) is 0.750. The first-order valence-electron chi connectivity index (χ1n) is 5.94. The average molecular weight is 209 g/mol. The van der Waals surface area contributed by atoms with Gasteiger partial charge in [-0.2, -0.15) is 5.10 Å². The van der Waals surface area contributed by atoms with Crippen molar-refractivity contribution in [3.63, 3.8) is 0 Å². The van der Waals surface area contributed by atoms with Crippen LogP contribution in [-0.4, -0.2) is 16.3 Å². The van der Waals surface area contributed by atoms with Crippen LogP contribution in [0.4, 0.5) is 0 Å². The normalized spacial score (nSPS) is 13.1. The molecule has 1 heterocycles. The van der Waals surface area contributed by atoms with Gasteiger partial charge in [0.1, 0.15) is 0 Å². The maximum Gasteiger partial charge on any atom is 0.0638 e. The Hall–Kier alpha value is -0.830. The highest BCUT2D eigenvalue weighted by atomic mass is 15.3. The molecule has 1 N–H and O–H groups in total. The van der Waals surface area contributed by atoms with Crippen molar-refractivity contribution < 1.29 is 0 Å². The van der Waals surface area contributed by atoms with Crippen LogP contribution in [0.25, 0.3) is 0 Å². The fourth-order valence-electron chi connectivity index (χ4n) is 1.51. The van der Waals surface area contributed by atoms with Gasteiger partial charge in [-0.3, -0.25) is 4.68 Å². The topological polar surface area (TPSA) is 29.9 Å². The molecule has 0 saturated carbocycles. The molecule has 86 valence electrons. The van der Waals surface area contributed by atoms with Crippen LogP contribution >= 0.6 is 0 Å². The van der Waals surface area contributed by atoms with E-state index in [1.165, 1.54) is 12.0 Å². The van der Waals surface area contributed by atoms with Gasteiger partial charge in [0.05, 0.1) is 5.69 Å². The fourth-order valence-corrected chi connectivity index (χ4v) is 1.51. The second kappa shape index (κ2) is 5.91. The Labute approximate surface area is 92.9 Å². The van der Waals surface area contributed by atoms with Crippen LogP contribution in [0.15, 0.2) is 6.20 Å². The van der Waals surface area contributed by atoms with E-state index in [0.717, 1.165) is 25.2 Å². The second-order valence-corrected chi connectivity index (χ2v) is 4.15. The summed E-state index contributed by atoms with van der Waals surface area (Å²) in [5, 5.41) is 7.95. The Morgan fingerprint density at radius 1 is 1.47 bits per heavy atom. The first kappa shape index (κ1) is 12.2. The molecule has 0 radical (unpaired) electrons. The van der Waals surface area contributed by atoms with Crippen molar-refractivity contribution in [2.24, 2.45) is 0 Å². The van der Waals surface area contributed by atoms with E-state index in [4.69, 9.17) is 0 Å². The molecule has 0 amide bonds. The van der Waals surface area contributed by atoms with Gasteiger partial charge in [0.15, 0.2) is 0 Å². The van der Waals surface area contributed by atoms with E-state index in [1.807, 2.05) is 0 Å². The summed E-state index contributed by atoms with van der Waals surface area (Å²) in [6.07, 6.45) is 4.48. The van der Waals surface area contributed by atoms with Crippen LogP contribution < -0.4 is 5.32 Å². The lowest BCUT2D eigenvalue weighted by atomic mass is 10.2. The smallest absolute Gasteiger partial charge is 0.0638 e. The first-order valence-corrected chi connectivity index (χ1v) is 5.94. The van der Waals surface area contributed by atoms with E-state index >= 15 is 0 Å². The highest BCUT2D eigenvalue weighted by Gasteiger charge is 2.07. The summed E-state index contributed by atoms with van der Waals surface area (Å²) in [5.41, 5.74) is 2.47. The summed E-state index contributed by atoms with van der Waals surface area (Å²) < 4.78 is 2.08. The first-order chi connectivity index (χ1) is 7.19. The molecule has 0 bridgehead atoms.